The van der Waals surface area contributed by atoms with Crippen LogP contribution in [0.5, 0.6) is 11.5 Å². The molecule has 0 spiro atoms. The molecule has 3 amide bonds. The molecule has 99 heavy (non-hydrogen) atoms. The summed E-state index contributed by atoms with van der Waals surface area (Å²) in [6.45, 7) is 19.3. The van der Waals surface area contributed by atoms with Gasteiger partial charge in [-0.25, -0.2) is 35.0 Å². The van der Waals surface area contributed by atoms with Gasteiger partial charge >= 0.3 is 5.97 Å². The third-order valence-electron chi connectivity index (χ3n) is 17.4. The van der Waals surface area contributed by atoms with Gasteiger partial charge in [-0.3, -0.25) is 14.4 Å². The van der Waals surface area contributed by atoms with Crippen molar-refractivity contribution in [2.45, 2.75) is 118 Å². The predicted octanol–water partition coefficient (Wildman–Crippen LogP) is 1.16. The topological polar surface area (TPSA) is 379 Å². The molecule has 3 aromatic rings. The monoisotopic (exact) mass is 1460 g/mol. The highest BCUT2D eigenvalue weighted by molar-refractivity contribution is 7.90. The Bertz CT molecular complexity index is 3720. The van der Waals surface area contributed by atoms with Crippen LogP contribution in [0.25, 0.3) is 5.57 Å². The molecular formula is C66H95N4O26S3-. The van der Waals surface area contributed by atoms with Gasteiger partial charge in [0.25, 0.3) is 17.7 Å². The molecule has 2 unspecified atom stereocenters. The third kappa shape index (κ3) is 22.4. The Hall–Kier alpha value is -5.70. The Morgan fingerprint density at radius 1 is 0.586 bits per heavy atom. The number of fused-ring (bicyclic) bond motifs is 4. The largest absolute Gasteiger partial charge is 0.744 e. The van der Waals surface area contributed by atoms with E-state index < -0.39 is 98.0 Å². The van der Waals surface area contributed by atoms with E-state index in [1.807, 2.05) is 27.7 Å². The lowest BCUT2D eigenvalue weighted by Gasteiger charge is -2.30. The maximum atomic E-state index is 15.6. The van der Waals surface area contributed by atoms with Crippen molar-refractivity contribution >= 4 is 65.0 Å². The average Bonchev–Trinajstić information content (AvgIpc) is 1.69. The van der Waals surface area contributed by atoms with Crippen molar-refractivity contribution in [3.05, 3.63) is 68.7 Å². The molecule has 0 aromatic heterocycles. The van der Waals surface area contributed by atoms with Crippen molar-refractivity contribution in [2.75, 3.05) is 184 Å². The first kappa shape index (κ1) is 80.6. The summed E-state index contributed by atoms with van der Waals surface area (Å²) >= 11 is 0. The van der Waals surface area contributed by atoms with E-state index >= 15 is 4.79 Å². The molecule has 0 aliphatic carbocycles. The van der Waals surface area contributed by atoms with Crippen LogP contribution in [-0.4, -0.2) is 259 Å². The number of methoxy groups -OCH3 is 1. The number of benzene rings is 3. The molecule has 2 N–H and O–H groups in total. The molecule has 4 heterocycles. The van der Waals surface area contributed by atoms with Gasteiger partial charge in [0, 0.05) is 84.7 Å². The second-order valence-corrected chi connectivity index (χ2v) is 29.6. The van der Waals surface area contributed by atoms with Crippen LogP contribution in [0.3, 0.4) is 0 Å². The van der Waals surface area contributed by atoms with Crippen molar-refractivity contribution in [1.29, 1.82) is 0 Å². The zero-order chi connectivity index (χ0) is 72.0. The van der Waals surface area contributed by atoms with Crippen LogP contribution >= 0.6 is 0 Å². The molecule has 33 heteroatoms. The molecule has 0 saturated carbocycles. The molecule has 0 bridgehead atoms. The van der Waals surface area contributed by atoms with Gasteiger partial charge in [-0.1, -0.05) is 20.3 Å². The number of anilines is 1. The zero-order valence-electron chi connectivity index (χ0n) is 57.7. The minimum atomic E-state index is -5.55. The highest BCUT2D eigenvalue weighted by atomic mass is 32.2. The highest BCUT2D eigenvalue weighted by Crippen LogP contribution is 2.53. The van der Waals surface area contributed by atoms with Gasteiger partial charge < -0.3 is 85.7 Å². The first-order valence-corrected chi connectivity index (χ1v) is 37.8. The van der Waals surface area contributed by atoms with Crippen LogP contribution in [0.2, 0.25) is 0 Å². The SMILES string of the molecule is COCCOCCOCCOCCOCCOCCOCCOCCOCCOCCOCCOCCN(CCCCCC(=O)ON1C(=O)CCC1=O)C(=O)c1ccc(S(C)(=O)=O)cc1C1=c2cc3c(c(S(=O)(=O)[O-])c2Oc2c1cc1c(c2S(=O)(=O)[O-])NC(C)C1(C)C)=[NH+]C(C)C3(C)C. The van der Waals surface area contributed by atoms with Crippen LogP contribution in [0.15, 0.2) is 45.0 Å². The lowest BCUT2D eigenvalue weighted by molar-refractivity contribution is -0.539. The molecule has 1 saturated heterocycles. The number of carbonyl (C=O) groups excluding carboxylic acids is 4. The minimum absolute atomic E-state index is 0.00584. The van der Waals surface area contributed by atoms with Crippen LogP contribution < -0.4 is 25.6 Å². The second-order valence-electron chi connectivity index (χ2n) is 24.9. The first-order chi connectivity index (χ1) is 47.1. The summed E-state index contributed by atoms with van der Waals surface area (Å²) in [5, 5.41) is 3.32. The van der Waals surface area contributed by atoms with Crippen molar-refractivity contribution in [2.24, 2.45) is 0 Å². The van der Waals surface area contributed by atoms with Crippen molar-refractivity contribution < 1.29 is 125 Å². The Balaban J connectivity index is 0.948. The number of nitrogens with one attached hydrogen (secondary N) is 2. The fourth-order valence-corrected chi connectivity index (χ4v) is 13.5. The molecule has 1 fully saturated rings. The van der Waals surface area contributed by atoms with Gasteiger partial charge in [0.2, 0.25) is 5.36 Å². The molecule has 4 aliphatic heterocycles. The van der Waals surface area contributed by atoms with E-state index in [0.29, 0.717) is 142 Å². The normalized spacial score (nSPS) is 16.9. The summed E-state index contributed by atoms with van der Waals surface area (Å²) in [5.41, 5.74) is -1.77. The van der Waals surface area contributed by atoms with Crippen LogP contribution in [0.4, 0.5) is 5.69 Å². The van der Waals surface area contributed by atoms with E-state index in [-0.39, 0.29) is 122 Å². The molecule has 3 aromatic carbocycles. The number of imide groups is 1. The quantitative estimate of drug-likeness (QED) is 0.0356. The Kier molecular flexibility index (Phi) is 30.9. The number of carbonyl (C=O) groups is 4. The second kappa shape index (κ2) is 38.0. The summed E-state index contributed by atoms with van der Waals surface area (Å²) in [7, 11) is -13.6. The standard InChI is InChI=1S/C66H96N4O26S3/c1-45-65(3,4)52-43-50-57(51-44-53-59(68-46(2)66(53,5)6)63(99(80,81)82)61(51)95-60(50)62(58(52)67-45)98(77,78)79)49-42-47(97(8,75)76)13-14-48(49)64(74)69(17-11-9-10-12-56(73)96-70-54(71)15-16-55(70)72)18-19-84-22-23-86-26-27-88-30-31-90-34-35-92-38-39-94-41-40-93-37-36-91-33-32-89-29-28-87-25-24-85-21-20-83-7/h13-14,42-46,67H,9-12,15-41H2,1-8H3,(H,77,78,79)(H,80,81,82)/p-1. The summed E-state index contributed by atoms with van der Waals surface area (Å²) < 4.78 is 182. The van der Waals surface area contributed by atoms with E-state index in [1.54, 1.807) is 33.1 Å². The Morgan fingerprint density at radius 3 is 1.51 bits per heavy atom. The van der Waals surface area contributed by atoms with Crippen LogP contribution in [0, 0.1) is 0 Å². The van der Waals surface area contributed by atoms with Crippen molar-refractivity contribution in [1.82, 2.24) is 9.96 Å². The molecule has 554 valence electrons. The molecule has 7 rings (SSSR count). The van der Waals surface area contributed by atoms with E-state index in [1.165, 1.54) is 23.1 Å². The number of ether oxygens (including phenoxy) is 13. The minimum Gasteiger partial charge on any atom is -0.744 e. The van der Waals surface area contributed by atoms with Gasteiger partial charge in [0.05, 0.1) is 168 Å². The summed E-state index contributed by atoms with van der Waals surface area (Å²) in [4.78, 5) is 60.0. The molecule has 4 aliphatic rings. The smallest absolute Gasteiger partial charge is 0.333 e. The van der Waals surface area contributed by atoms with Crippen molar-refractivity contribution in [3.63, 3.8) is 0 Å². The number of hydroxylamine groups is 2. The van der Waals surface area contributed by atoms with E-state index in [2.05, 4.69) is 10.3 Å². The maximum Gasteiger partial charge on any atom is 0.333 e. The van der Waals surface area contributed by atoms with Gasteiger partial charge in [-0.05, 0) is 82.0 Å². The number of amides is 3. The summed E-state index contributed by atoms with van der Waals surface area (Å²) in [5.74, 6) is -4.09. The van der Waals surface area contributed by atoms with Gasteiger partial charge in [-0.2, -0.15) is 0 Å². The average molecular weight is 1460 g/mol. The number of unbranched alkanes of at least 4 members (excludes halogenated alkanes) is 2. The summed E-state index contributed by atoms with van der Waals surface area (Å²) in [6, 6.07) is 5.83. The maximum absolute atomic E-state index is 15.6. The van der Waals surface area contributed by atoms with Crippen LogP contribution in [-0.2, 0) is 117 Å². The van der Waals surface area contributed by atoms with E-state index in [0.717, 1.165) is 6.26 Å². The Morgan fingerprint density at radius 2 is 1.05 bits per heavy atom. The summed E-state index contributed by atoms with van der Waals surface area (Å²) in [6.07, 6.45) is 1.40. The predicted molar refractivity (Wildman–Crippen MR) is 350 cm³/mol. The lowest BCUT2D eigenvalue weighted by atomic mass is 9.78. The number of sulfone groups is 1. The van der Waals surface area contributed by atoms with Crippen molar-refractivity contribution in [3.8, 4) is 11.5 Å². The van der Waals surface area contributed by atoms with Gasteiger partial charge in [0.15, 0.2) is 32.3 Å². The van der Waals surface area contributed by atoms with Gasteiger partial charge in [-0.15, -0.1) is 5.06 Å². The number of hydrogen-bond donors (Lipinski definition) is 2. The number of nitrogens with zero attached hydrogens (tertiary/aromatic N) is 2. The van der Waals surface area contributed by atoms with E-state index in [9.17, 15) is 48.7 Å². The molecular weight excluding hydrogens is 1360 g/mol. The zero-order valence-corrected chi connectivity index (χ0v) is 60.1. The molecule has 30 nitrogen and oxygen atoms in total. The lowest BCUT2D eigenvalue weighted by Crippen LogP contribution is -2.81. The third-order valence-corrected chi connectivity index (χ3v) is 20.3. The van der Waals surface area contributed by atoms with E-state index in [4.69, 9.17) is 66.4 Å². The van der Waals surface area contributed by atoms with Gasteiger partial charge in [0.1, 0.15) is 25.1 Å². The number of hydrogen-bond acceptors (Lipinski definition) is 27. The Labute approximate surface area is 578 Å². The fourth-order valence-electron chi connectivity index (χ4n) is 11.2. The molecule has 2 atom stereocenters. The first-order valence-electron chi connectivity index (χ1n) is 33.1. The highest BCUT2D eigenvalue weighted by Gasteiger charge is 2.47. The van der Waals surface area contributed by atoms with Crippen LogP contribution in [0.1, 0.15) is 113 Å². The molecule has 0 radical (unpaired) electrons. The fraction of sp³-hybridized carbons (Fsp3) is 0.652. The number of rotatable bonds is 48.